The van der Waals surface area contributed by atoms with Gasteiger partial charge in [-0.2, -0.15) is 0 Å². The Hall–Kier alpha value is -1.32. The maximum Gasteiger partial charge on any atom is 0.119 e. The number of rotatable bonds is 6. The monoisotopic (exact) mass is 333 g/mol. The molecule has 0 spiro atoms. The van der Waals surface area contributed by atoms with E-state index in [-0.39, 0.29) is 0 Å². The molecule has 0 aliphatic carbocycles. The van der Waals surface area contributed by atoms with Crippen molar-refractivity contribution < 1.29 is 4.74 Å². The number of ether oxygens (including phenoxy) is 1. The first-order valence-corrected chi connectivity index (χ1v) is 7.62. The minimum Gasteiger partial charge on any atom is -0.489 e. The van der Waals surface area contributed by atoms with Crippen LogP contribution in [0.25, 0.3) is 0 Å². The Bertz CT molecular complexity index is 537. The second-order valence-electron chi connectivity index (χ2n) is 5.10. The molecule has 106 valence electrons. The number of benzene rings is 2. The van der Waals surface area contributed by atoms with Crippen molar-refractivity contribution in [3.63, 3.8) is 0 Å². The predicted molar refractivity (Wildman–Crippen MR) is 86.9 cm³/mol. The lowest BCUT2D eigenvalue weighted by molar-refractivity contribution is 0.306. The molecule has 0 unspecified atom stereocenters. The zero-order valence-corrected chi connectivity index (χ0v) is 13.5. The van der Waals surface area contributed by atoms with Crippen LogP contribution in [-0.2, 0) is 13.2 Å². The molecule has 3 heteroatoms. The number of hydrogen-bond donors (Lipinski definition) is 1. The van der Waals surface area contributed by atoms with E-state index in [1.807, 2.05) is 24.3 Å². The Labute approximate surface area is 129 Å². The highest BCUT2D eigenvalue weighted by molar-refractivity contribution is 9.10. The lowest BCUT2D eigenvalue weighted by Gasteiger charge is -2.10. The van der Waals surface area contributed by atoms with Crippen LogP contribution in [-0.4, -0.2) is 6.04 Å². The Kier molecular flexibility index (Phi) is 5.62. The molecule has 2 nitrogen and oxygen atoms in total. The average molecular weight is 334 g/mol. The highest BCUT2D eigenvalue weighted by atomic mass is 79.9. The summed E-state index contributed by atoms with van der Waals surface area (Å²) in [6, 6.07) is 16.9. The fourth-order valence-electron chi connectivity index (χ4n) is 1.85. The summed E-state index contributed by atoms with van der Waals surface area (Å²) in [6.45, 7) is 5.79. The van der Waals surface area contributed by atoms with Gasteiger partial charge in [0.2, 0.25) is 0 Å². The molecule has 0 aromatic heterocycles. The second kappa shape index (κ2) is 7.46. The highest BCUT2D eigenvalue weighted by Gasteiger charge is 1.99. The van der Waals surface area contributed by atoms with E-state index in [4.69, 9.17) is 4.74 Å². The molecular weight excluding hydrogens is 314 g/mol. The van der Waals surface area contributed by atoms with Crippen molar-refractivity contribution in [2.24, 2.45) is 0 Å². The molecule has 0 radical (unpaired) electrons. The van der Waals surface area contributed by atoms with E-state index >= 15 is 0 Å². The van der Waals surface area contributed by atoms with Gasteiger partial charge in [0.15, 0.2) is 0 Å². The molecule has 20 heavy (non-hydrogen) atoms. The second-order valence-corrected chi connectivity index (χ2v) is 6.01. The smallest absolute Gasteiger partial charge is 0.119 e. The summed E-state index contributed by atoms with van der Waals surface area (Å²) in [5, 5.41) is 3.42. The summed E-state index contributed by atoms with van der Waals surface area (Å²) in [5.41, 5.74) is 2.48. The van der Waals surface area contributed by atoms with Gasteiger partial charge in [-0.1, -0.05) is 54.0 Å². The van der Waals surface area contributed by atoms with Crippen molar-refractivity contribution >= 4 is 15.9 Å². The topological polar surface area (TPSA) is 21.3 Å². The van der Waals surface area contributed by atoms with Gasteiger partial charge in [-0.15, -0.1) is 0 Å². The number of nitrogens with one attached hydrogen (secondary N) is 1. The fourth-order valence-corrected chi connectivity index (χ4v) is 2.11. The maximum atomic E-state index is 5.79. The van der Waals surface area contributed by atoms with E-state index < -0.39 is 0 Å². The third-order valence-electron chi connectivity index (χ3n) is 2.92. The van der Waals surface area contributed by atoms with Crippen molar-refractivity contribution in [1.82, 2.24) is 5.32 Å². The van der Waals surface area contributed by atoms with Gasteiger partial charge < -0.3 is 10.1 Å². The fraction of sp³-hybridized carbons (Fsp3) is 0.294. The average Bonchev–Trinajstić information content (AvgIpc) is 2.45. The molecule has 0 bridgehead atoms. The van der Waals surface area contributed by atoms with Crippen LogP contribution >= 0.6 is 15.9 Å². The van der Waals surface area contributed by atoms with E-state index in [2.05, 4.69) is 59.4 Å². The Morgan fingerprint density at radius 3 is 2.45 bits per heavy atom. The largest absolute Gasteiger partial charge is 0.489 e. The van der Waals surface area contributed by atoms with Crippen LogP contribution in [0, 0.1) is 0 Å². The molecule has 2 rings (SSSR count). The minimum atomic E-state index is 0.498. The minimum absolute atomic E-state index is 0.498. The molecule has 0 aliphatic rings. The van der Waals surface area contributed by atoms with Crippen LogP contribution in [0.1, 0.15) is 25.0 Å². The van der Waals surface area contributed by atoms with Gasteiger partial charge in [-0.25, -0.2) is 0 Å². The normalized spacial score (nSPS) is 10.8. The first-order chi connectivity index (χ1) is 9.63. The van der Waals surface area contributed by atoms with Crippen LogP contribution in [0.5, 0.6) is 5.75 Å². The Morgan fingerprint density at radius 2 is 1.75 bits per heavy atom. The van der Waals surface area contributed by atoms with Crippen molar-refractivity contribution in [1.29, 1.82) is 0 Å². The van der Waals surface area contributed by atoms with Crippen molar-refractivity contribution in [3.8, 4) is 5.75 Å². The molecule has 2 aromatic rings. The van der Waals surface area contributed by atoms with Crippen LogP contribution in [0.3, 0.4) is 0 Å². The SMILES string of the molecule is CC(C)NCc1cccc(COc2ccc(Br)cc2)c1. The van der Waals surface area contributed by atoms with Crippen LogP contribution in [0.2, 0.25) is 0 Å². The third kappa shape index (κ3) is 4.99. The number of hydrogen-bond acceptors (Lipinski definition) is 2. The summed E-state index contributed by atoms with van der Waals surface area (Å²) in [5.74, 6) is 0.888. The van der Waals surface area contributed by atoms with Gasteiger partial charge in [-0.3, -0.25) is 0 Å². The highest BCUT2D eigenvalue weighted by Crippen LogP contribution is 2.17. The van der Waals surface area contributed by atoms with Crippen molar-refractivity contribution in [2.75, 3.05) is 0 Å². The van der Waals surface area contributed by atoms with E-state index in [1.165, 1.54) is 11.1 Å². The molecule has 0 fully saturated rings. The molecule has 0 aliphatic heterocycles. The molecule has 0 atom stereocenters. The molecule has 0 saturated carbocycles. The van der Waals surface area contributed by atoms with E-state index in [9.17, 15) is 0 Å². The number of halogens is 1. The summed E-state index contributed by atoms with van der Waals surface area (Å²) in [6.07, 6.45) is 0. The molecule has 0 amide bonds. The van der Waals surface area contributed by atoms with Gasteiger partial charge in [0.1, 0.15) is 12.4 Å². The van der Waals surface area contributed by atoms with E-state index in [0.717, 1.165) is 16.8 Å². The van der Waals surface area contributed by atoms with Crippen LogP contribution < -0.4 is 10.1 Å². The Morgan fingerprint density at radius 1 is 1.05 bits per heavy atom. The molecule has 0 heterocycles. The zero-order valence-electron chi connectivity index (χ0n) is 11.9. The quantitative estimate of drug-likeness (QED) is 0.838. The summed E-state index contributed by atoms with van der Waals surface area (Å²) in [4.78, 5) is 0. The van der Waals surface area contributed by atoms with Crippen LogP contribution in [0.15, 0.2) is 53.0 Å². The van der Waals surface area contributed by atoms with Crippen LogP contribution in [0.4, 0.5) is 0 Å². The zero-order chi connectivity index (χ0) is 14.4. The first-order valence-electron chi connectivity index (χ1n) is 6.83. The Balaban J connectivity index is 1.92. The van der Waals surface area contributed by atoms with E-state index in [1.54, 1.807) is 0 Å². The molecule has 1 N–H and O–H groups in total. The molecule has 2 aromatic carbocycles. The van der Waals surface area contributed by atoms with Crippen molar-refractivity contribution in [2.45, 2.75) is 33.0 Å². The standard InChI is InChI=1S/C17H20BrNO/c1-13(2)19-11-14-4-3-5-15(10-14)12-20-17-8-6-16(18)7-9-17/h3-10,13,19H,11-12H2,1-2H3. The third-order valence-corrected chi connectivity index (χ3v) is 3.45. The van der Waals surface area contributed by atoms with Gasteiger partial charge in [-0.05, 0) is 35.4 Å². The lowest BCUT2D eigenvalue weighted by Crippen LogP contribution is -2.21. The maximum absolute atomic E-state index is 5.79. The summed E-state index contributed by atoms with van der Waals surface area (Å²) in [7, 11) is 0. The van der Waals surface area contributed by atoms with Crippen molar-refractivity contribution in [3.05, 3.63) is 64.1 Å². The molecule has 0 saturated heterocycles. The summed E-state index contributed by atoms with van der Waals surface area (Å²) < 4.78 is 6.85. The first kappa shape index (κ1) is 15.1. The molecular formula is C17H20BrNO. The van der Waals surface area contributed by atoms with Gasteiger partial charge >= 0.3 is 0 Å². The van der Waals surface area contributed by atoms with E-state index in [0.29, 0.717) is 12.6 Å². The lowest BCUT2D eigenvalue weighted by atomic mass is 10.1. The summed E-state index contributed by atoms with van der Waals surface area (Å²) >= 11 is 3.42. The van der Waals surface area contributed by atoms with Gasteiger partial charge in [0, 0.05) is 17.1 Å². The van der Waals surface area contributed by atoms with Gasteiger partial charge in [0.25, 0.3) is 0 Å². The van der Waals surface area contributed by atoms with Gasteiger partial charge in [0.05, 0.1) is 0 Å². The predicted octanol–water partition coefficient (Wildman–Crippen LogP) is 4.53.